The molecule has 31 heavy (non-hydrogen) atoms. The molecule has 174 valence electrons. The van der Waals surface area contributed by atoms with E-state index >= 15 is 0 Å². The van der Waals surface area contributed by atoms with Gasteiger partial charge in [-0.25, -0.2) is 0 Å². The van der Waals surface area contributed by atoms with Gasteiger partial charge in [0.15, 0.2) is 0 Å². The number of hydrogen-bond donors (Lipinski definition) is 0. The molecule has 5 rings (SSSR count). The summed E-state index contributed by atoms with van der Waals surface area (Å²) in [6.07, 6.45) is 13.7. The van der Waals surface area contributed by atoms with Gasteiger partial charge in [0.1, 0.15) is 12.4 Å². The molecule has 0 N–H and O–H groups in total. The molecule has 5 saturated carbocycles. The van der Waals surface area contributed by atoms with Crippen LogP contribution in [0.25, 0.3) is 0 Å². The zero-order chi connectivity index (χ0) is 22.4. The van der Waals surface area contributed by atoms with Gasteiger partial charge in [0.05, 0.1) is 0 Å². The molecule has 0 amide bonds. The molecule has 5 fully saturated rings. The number of fused-ring (bicyclic) bond motifs is 2. The minimum atomic E-state index is -0.115. The smallest absolute Gasteiger partial charge is 0.302 e. The monoisotopic (exact) mass is 428 g/mol. The maximum atomic E-state index is 11.8. The minimum absolute atomic E-state index is 0.0801. The first kappa shape index (κ1) is 22.0. The fourth-order valence-electron chi connectivity index (χ4n) is 11.0. The van der Waals surface area contributed by atoms with Crippen LogP contribution in [0, 0.1) is 50.7 Å². The van der Waals surface area contributed by atoms with E-state index < -0.39 is 0 Å². The number of aldehydes is 1. The summed E-state index contributed by atoms with van der Waals surface area (Å²) in [7, 11) is 0. The lowest BCUT2D eigenvalue weighted by molar-refractivity contribution is -0.181. The van der Waals surface area contributed by atoms with E-state index in [9.17, 15) is 9.59 Å². The van der Waals surface area contributed by atoms with Gasteiger partial charge >= 0.3 is 5.97 Å². The van der Waals surface area contributed by atoms with E-state index in [1.165, 1.54) is 51.4 Å². The van der Waals surface area contributed by atoms with Crippen molar-refractivity contribution in [3.05, 3.63) is 0 Å². The largest absolute Gasteiger partial charge is 0.462 e. The summed E-state index contributed by atoms with van der Waals surface area (Å²) >= 11 is 0. The van der Waals surface area contributed by atoms with E-state index in [-0.39, 0.29) is 17.5 Å². The van der Waals surface area contributed by atoms with Crippen molar-refractivity contribution < 1.29 is 14.3 Å². The van der Waals surface area contributed by atoms with Crippen LogP contribution < -0.4 is 0 Å². The second-order valence-electron chi connectivity index (χ2n) is 13.5. The molecule has 0 aromatic carbocycles. The van der Waals surface area contributed by atoms with Crippen molar-refractivity contribution in [2.75, 3.05) is 0 Å². The highest BCUT2D eigenvalue weighted by Gasteiger charge is 2.82. The second-order valence-corrected chi connectivity index (χ2v) is 13.5. The summed E-state index contributed by atoms with van der Waals surface area (Å²) in [5.41, 5.74) is 1.90. The molecule has 0 aromatic rings. The van der Waals surface area contributed by atoms with Gasteiger partial charge in [-0.15, -0.1) is 0 Å². The average Bonchev–Trinajstić information content (AvgIpc) is 3.27. The zero-order valence-electron chi connectivity index (χ0n) is 20.8. The van der Waals surface area contributed by atoms with E-state index in [1.807, 2.05) is 0 Å². The van der Waals surface area contributed by atoms with E-state index in [1.54, 1.807) is 6.92 Å². The quantitative estimate of drug-likeness (QED) is 0.375. The lowest BCUT2D eigenvalue weighted by Crippen LogP contribution is -2.58. The maximum absolute atomic E-state index is 11.8. The number of ether oxygens (including phenoxy) is 1. The molecule has 0 bridgehead atoms. The van der Waals surface area contributed by atoms with Crippen molar-refractivity contribution in [2.24, 2.45) is 50.7 Å². The summed E-state index contributed by atoms with van der Waals surface area (Å²) in [4.78, 5) is 23.0. The summed E-state index contributed by atoms with van der Waals surface area (Å²) in [5, 5.41) is 0. The third kappa shape index (κ3) is 2.53. The lowest BCUT2D eigenvalue weighted by Gasteiger charge is -2.63. The van der Waals surface area contributed by atoms with Crippen LogP contribution >= 0.6 is 0 Å². The van der Waals surface area contributed by atoms with Crippen LogP contribution in [-0.4, -0.2) is 18.4 Å². The molecule has 3 nitrogen and oxygen atoms in total. The van der Waals surface area contributed by atoms with Crippen molar-refractivity contribution in [1.29, 1.82) is 0 Å². The van der Waals surface area contributed by atoms with Crippen LogP contribution in [0.15, 0.2) is 0 Å². The first-order valence-electron chi connectivity index (χ1n) is 13.1. The number of esters is 1. The molecular formula is C28H44O3. The van der Waals surface area contributed by atoms with E-state index in [4.69, 9.17) is 4.74 Å². The fraction of sp³-hybridized carbons (Fsp3) is 0.929. The van der Waals surface area contributed by atoms with Gasteiger partial charge in [0.25, 0.3) is 0 Å². The van der Waals surface area contributed by atoms with Crippen LogP contribution in [0.1, 0.15) is 106 Å². The van der Waals surface area contributed by atoms with Gasteiger partial charge in [0, 0.05) is 18.8 Å². The van der Waals surface area contributed by atoms with Crippen LogP contribution in [0.5, 0.6) is 0 Å². The summed E-state index contributed by atoms with van der Waals surface area (Å²) in [6, 6.07) is 0. The van der Waals surface area contributed by atoms with E-state index in [0.717, 1.165) is 25.0 Å². The predicted molar refractivity (Wildman–Crippen MR) is 122 cm³/mol. The molecule has 2 spiro atoms. The molecular weight excluding hydrogens is 384 g/mol. The van der Waals surface area contributed by atoms with Crippen LogP contribution in [0.2, 0.25) is 0 Å². The third-order valence-electron chi connectivity index (χ3n) is 12.6. The third-order valence-corrected chi connectivity index (χ3v) is 12.6. The Morgan fingerprint density at radius 1 is 0.935 bits per heavy atom. The van der Waals surface area contributed by atoms with Gasteiger partial charge < -0.3 is 9.53 Å². The van der Waals surface area contributed by atoms with Crippen molar-refractivity contribution in [3.63, 3.8) is 0 Å². The minimum Gasteiger partial charge on any atom is -0.462 e. The standard InChI is InChI=1S/C28H44O3/c1-18(11-16-29)20-9-12-26(6)22-8-7-21-24(3,4)23(31-19(2)30)10-13-27(21)17-28(22,27)15-14-25(20,26)5/h16,18,20-23H,7-15,17H2,1-6H3/t18-,20-,21+,22+,23+,25-,26+,27-,28+/m1/s1. The molecule has 0 saturated heterocycles. The highest BCUT2D eigenvalue weighted by Crippen LogP contribution is 2.89. The van der Waals surface area contributed by atoms with Crippen molar-refractivity contribution in [1.82, 2.24) is 0 Å². The second kappa shape index (κ2) is 6.60. The highest BCUT2D eigenvalue weighted by molar-refractivity contribution is 5.66. The van der Waals surface area contributed by atoms with Gasteiger partial charge in [-0.1, -0.05) is 34.6 Å². The fourth-order valence-corrected chi connectivity index (χ4v) is 11.0. The SMILES string of the molecule is CC(=O)O[C@H]1CC[C@]23C[C@]24CC[C@]2(C)[C@@H]([C@H](C)CC=O)CC[C@@]2(C)[C@@H]4CC[C@H]3C1(C)C. The van der Waals surface area contributed by atoms with Gasteiger partial charge in [-0.3, -0.25) is 4.79 Å². The molecule has 5 aliphatic carbocycles. The van der Waals surface area contributed by atoms with Crippen molar-refractivity contribution in [2.45, 2.75) is 112 Å². The maximum Gasteiger partial charge on any atom is 0.302 e. The van der Waals surface area contributed by atoms with Crippen LogP contribution in [-0.2, 0) is 14.3 Å². The Kier molecular flexibility index (Phi) is 4.67. The van der Waals surface area contributed by atoms with Gasteiger partial charge in [-0.05, 0) is 103 Å². The molecule has 0 aromatic heterocycles. The van der Waals surface area contributed by atoms with E-state index in [2.05, 4.69) is 34.6 Å². The molecule has 9 atom stereocenters. The number of rotatable bonds is 4. The molecule has 5 aliphatic rings. The summed E-state index contributed by atoms with van der Waals surface area (Å²) in [6.45, 7) is 13.9. The number of hydrogen-bond acceptors (Lipinski definition) is 3. The average molecular weight is 429 g/mol. The zero-order valence-corrected chi connectivity index (χ0v) is 20.8. The number of carbonyl (C=O) groups excluding carboxylic acids is 2. The summed E-state index contributed by atoms with van der Waals surface area (Å²) in [5.74, 6) is 2.62. The molecule has 0 radical (unpaired) electrons. The van der Waals surface area contributed by atoms with Crippen LogP contribution in [0.3, 0.4) is 0 Å². The van der Waals surface area contributed by atoms with Gasteiger partial charge in [0.2, 0.25) is 0 Å². The highest BCUT2D eigenvalue weighted by atomic mass is 16.5. The predicted octanol–water partition coefficient (Wildman–Crippen LogP) is 6.58. The molecule has 0 heterocycles. The Morgan fingerprint density at radius 3 is 2.29 bits per heavy atom. The molecule has 3 heteroatoms. The molecule has 0 unspecified atom stereocenters. The van der Waals surface area contributed by atoms with E-state index in [0.29, 0.717) is 39.4 Å². The first-order chi connectivity index (χ1) is 14.5. The Hall–Kier alpha value is -0.860. The Morgan fingerprint density at radius 2 is 1.61 bits per heavy atom. The van der Waals surface area contributed by atoms with Gasteiger partial charge in [-0.2, -0.15) is 0 Å². The van der Waals surface area contributed by atoms with Crippen molar-refractivity contribution in [3.8, 4) is 0 Å². The number of carbonyl (C=O) groups is 2. The Balaban J connectivity index is 1.45. The van der Waals surface area contributed by atoms with Crippen molar-refractivity contribution >= 4 is 12.3 Å². The summed E-state index contributed by atoms with van der Waals surface area (Å²) < 4.78 is 5.85. The molecule has 0 aliphatic heterocycles. The normalized spacial score (nSPS) is 52.7. The first-order valence-corrected chi connectivity index (χ1v) is 13.1. The Bertz CT molecular complexity index is 787. The lowest BCUT2D eigenvalue weighted by atomic mass is 9.41. The Labute approximate surface area is 189 Å². The topological polar surface area (TPSA) is 43.4 Å². The van der Waals surface area contributed by atoms with Crippen LogP contribution in [0.4, 0.5) is 0 Å².